The van der Waals surface area contributed by atoms with Crippen molar-refractivity contribution in [3.05, 3.63) is 22.7 Å². The molecule has 1 fully saturated rings. The van der Waals surface area contributed by atoms with Crippen LogP contribution in [0.4, 0.5) is 0 Å². The topological polar surface area (TPSA) is 111 Å². The van der Waals surface area contributed by atoms with E-state index >= 15 is 0 Å². The average molecular weight is 298 g/mol. The van der Waals surface area contributed by atoms with Gasteiger partial charge in [0, 0.05) is 6.04 Å². The van der Waals surface area contributed by atoms with Crippen molar-refractivity contribution in [3.63, 3.8) is 0 Å². The molecule has 0 atom stereocenters. The van der Waals surface area contributed by atoms with Gasteiger partial charge >= 0.3 is 11.8 Å². The monoisotopic (exact) mass is 297 g/mol. The third-order valence-electron chi connectivity index (χ3n) is 2.56. The van der Waals surface area contributed by atoms with Crippen LogP contribution >= 0.6 is 11.6 Å². The number of aromatic hydroxyl groups is 2. The maximum atomic E-state index is 11.3. The first-order valence-corrected chi connectivity index (χ1v) is 6.20. The molecule has 1 saturated carbocycles. The summed E-state index contributed by atoms with van der Waals surface area (Å²) in [6.07, 6.45) is 2.95. The predicted molar refractivity (Wildman–Crippen MR) is 71.7 cm³/mol. The van der Waals surface area contributed by atoms with Gasteiger partial charge in [0.25, 0.3) is 0 Å². The lowest BCUT2D eigenvalue weighted by Crippen LogP contribution is -2.38. The first kappa shape index (κ1) is 14.1. The molecule has 20 heavy (non-hydrogen) atoms. The van der Waals surface area contributed by atoms with Gasteiger partial charge in [-0.2, -0.15) is 5.10 Å². The highest BCUT2D eigenvalue weighted by Crippen LogP contribution is 2.33. The van der Waals surface area contributed by atoms with Gasteiger partial charge in [-0.3, -0.25) is 9.59 Å². The maximum absolute atomic E-state index is 11.3. The molecule has 0 radical (unpaired) electrons. The molecule has 0 heterocycles. The summed E-state index contributed by atoms with van der Waals surface area (Å²) in [5.74, 6) is -2.45. The van der Waals surface area contributed by atoms with E-state index in [-0.39, 0.29) is 11.1 Å². The van der Waals surface area contributed by atoms with Crippen LogP contribution in [0.3, 0.4) is 0 Å². The summed E-state index contributed by atoms with van der Waals surface area (Å²) < 4.78 is 0. The van der Waals surface area contributed by atoms with Gasteiger partial charge < -0.3 is 15.5 Å². The van der Waals surface area contributed by atoms with Gasteiger partial charge in [-0.15, -0.1) is 0 Å². The quantitative estimate of drug-likeness (QED) is 0.281. The number of amides is 2. The summed E-state index contributed by atoms with van der Waals surface area (Å²) in [6, 6.07) is 2.64. The Bertz CT molecular complexity index is 561. The molecular formula is C12H12ClN3O4. The zero-order valence-electron chi connectivity index (χ0n) is 10.3. The molecule has 1 aromatic rings. The lowest BCUT2D eigenvalue weighted by Gasteiger charge is -2.02. The molecule has 0 aromatic heterocycles. The Morgan fingerprint density at radius 2 is 2.00 bits per heavy atom. The first-order valence-electron chi connectivity index (χ1n) is 5.82. The van der Waals surface area contributed by atoms with E-state index in [1.54, 1.807) is 0 Å². The number of phenols is 2. The number of nitrogens with one attached hydrogen (secondary N) is 2. The Hall–Kier alpha value is -2.28. The molecular weight excluding hydrogens is 286 g/mol. The highest BCUT2D eigenvalue weighted by molar-refractivity contribution is 6.35. The molecule has 2 rings (SSSR count). The lowest BCUT2D eigenvalue weighted by molar-refractivity contribution is -0.139. The fourth-order valence-electron chi connectivity index (χ4n) is 1.37. The van der Waals surface area contributed by atoms with E-state index in [2.05, 4.69) is 10.4 Å². The van der Waals surface area contributed by atoms with Crippen molar-refractivity contribution in [2.45, 2.75) is 18.9 Å². The van der Waals surface area contributed by atoms with E-state index in [0.29, 0.717) is 5.56 Å². The summed E-state index contributed by atoms with van der Waals surface area (Å²) in [5.41, 5.74) is 2.40. The highest BCUT2D eigenvalue weighted by atomic mass is 35.5. The van der Waals surface area contributed by atoms with Crippen LogP contribution < -0.4 is 10.7 Å². The van der Waals surface area contributed by atoms with E-state index in [1.165, 1.54) is 18.3 Å². The number of halogens is 1. The van der Waals surface area contributed by atoms with Crippen LogP contribution in [-0.4, -0.2) is 34.3 Å². The second-order valence-electron chi connectivity index (χ2n) is 4.32. The number of carbonyl (C=O) groups is 2. The molecule has 1 aliphatic carbocycles. The van der Waals surface area contributed by atoms with E-state index in [4.69, 9.17) is 11.6 Å². The molecule has 0 saturated heterocycles. The van der Waals surface area contributed by atoms with Gasteiger partial charge in [-0.25, -0.2) is 5.43 Å². The summed E-state index contributed by atoms with van der Waals surface area (Å²) in [6.45, 7) is 0. The SMILES string of the molecule is O=C(N/N=C/c1cc(O)c(O)c(Cl)c1)C(=O)NC1CC1. The summed E-state index contributed by atoms with van der Waals surface area (Å²) in [7, 11) is 0. The van der Waals surface area contributed by atoms with Crippen molar-refractivity contribution < 1.29 is 19.8 Å². The number of phenolic OH excluding ortho intramolecular Hbond substituents is 2. The first-order chi connectivity index (χ1) is 9.47. The van der Waals surface area contributed by atoms with E-state index in [1.807, 2.05) is 5.43 Å². The number of rotatable bonds is 3. The number of hydrogen-bond donors (Lipinski definition) is 4. The molecule has 1 aliphatic rings. The second-order valence-corrected chi connectivity index (χ2v) is 4.72. The Balaban J connectivity index is 1.92. The largest absolute Gasteiger partial charge is 0.504 e. The van der Waals surface area contributed by atoms with Crippen LogP contribution in [0.15, 0.2) is 17.2 Å². The Morgan fingerprint density at radius 1 is 1.30 bits per heavy atom. The molecule has 0 spiro atoms. The summed E-state index contributed by atoms with van der Waals surface area (Å²) in [4.78, 5) is 22.6. The van der Waals surface area contributed by atoms with Crippen LogP contribution in [0.5, 0.6) is 11.5 Å². The Labute approximate surface area is 119 Å². The molecule has 0 unspecified atom stereocenters. The average Bonchev–Trinajstić information content (AvgIpc) is 3.19. The number of nitrogens with zero attached hydrogens (tertiary/aromatic N) is 1. The molecule has 0 bridgehead atoms. The highest BCUT2D eigenvalue weighted by Gasteiger charge is 2.26. The van der Waals surface area contributed by atoms with Crippen LogP contribution in [0.1, 0.15) is 18.4 Å². The number of hydrazone groups is 1. The number of carbonyl (C=O) groups excluding carboxylic acids is 2. The fraction of sp³-hybridized carbons (Fsp3) is 0.250. The van der Waals surface area contributed by atoms with Gasteiger partial charge in [0.05, 0.1) is 11.2 Å². The third-order valence-corrected chi connectivity index (χ3v) is 2.85. The number of hydrogen-bond acceptors (Lipinski definition) is 5. The minimum atomic E-state index is -0.873. The zero-order chi connectivity index (χ0) is 14.7. The van der Waals surface area contributed by atoms with Gasteiger partial charge in [-0.05, 0) is 30.5 Å². The van der Waals surface area contributed by atoms with Crippen LogP contribution in [0.25, 0.3) is 0 Å². The molecule has 8 heteroatoms. The standard InChI is InChI=1S/C12H12ClN3O4/c13-8-3-6(4-9(17)10(8)18)5-14-16-12(20)11(19)15-7-1-2-7/h3-5,7,17-18H,1-2H2,(H,15,19)(H,16,20)/b14-5+. The van der Waals surface area contributed by atoms with Crippen molar-refractivity contribution in [1.29, 1.82) is 0 Å². The fourth-order valence-corrected chi connectivity index (χ4v) is 1.60. The molecule has 1 aromatic carbocycles. The van der Waals surface area contributed by atoms with Crippen LogP contribution in [0.2, 0.25) is 5.02 Å². The zero-order valence-corrected chi connectivity index (χ0v) is 11.0. The van der Waals surface area contributed by atoms with Crippen molar-refractivity contribution in [1.82, 2.24) is 10.7 Å². The molecule has 106 valence electrons. The molecule has 2 amide bonds. The van der Waals surface area contributed by atoms with E-state index in [0.717, 1.165) is 12.8 Å². The smallest absolute Gasteiger partial charge is 0.329 e. The lowest BCUT2D eigenvalue weighted by atomic mass is 10.2. The molecule has 7 nitrogen and oxygen atoms in total. The predicted octanol–water partition coefficient (Wildman–Crippen LogP) is 0.480. The van der Waals surface area contributed by atoms with Gasteiger partial charge in [0.1, 0.15) is 0 Å². The Kier molecular flexibility index (Phi) is 4.09. The van der Waals surface area contributed by atoms with Crippen molar-refractivity contribution in [2.75, 3.05) is 0 Å². The van der Waals surface area contributed by atoms with Crippen molar-refractivity contribution >= 4 is 29.6 Å². The summed E-state index contributed by atoms with van der Waals surface area (Å²) in [5, 5.41) is 24.6. The van der Waals surface area contributed by atoms with Crippen LogP contribution in [-0.2, 0) is 9.59 Å². The third kappa shape index (κ3) is 3.61. The van der Waals surface area contributed by atoms with Gasteiger partial charge in [0.2, 0.25) is 0 Å². The minimum absolute atomic E-state index is 0.0516. The second kappa shape index (κ2) is 5.79. The molecule has 4 N–H and O–H groups in total. The Morgan fingerprint density at radius 3 is 2.60 bits per heavy atom. The molecule has 0 aliphatic heterocycles. The number of benzene rings is 1. The minimum Gasteiger partial charge on any atom is -0.504 e. The normalized spacial score (nSPS) is 14.2. The van der Waals surface area contributed by atoms with Crippen molar-refractivity contribution in [2.24, 2.45) is 5.10 Å². The van der Waals surface area contributed by atoms with Gasteiger partial charge in [-0.1, -0.05) is 11.6 Å². The van der Waals surface area contributed by atoms with Crippen LogP contribution in [0, 0.1) is 0 Å². The van der Waals surface area contributed by atoms with E-state index < -0.39 is 23.3 Å². The summed E-state index contributed by atoms with van der Waals surface area (Å²) >= 11 is 5.65. The van der Waals surface area contributed by atoms with Gasteiger partial charge in [0.15, 0.2) is 11.5 Å². The van der Waals surface area contributed by atoms with E-state index in [9.17, 15) is 19.8 Å². The maximum Gasteiger partial charge on any atom is 0.329 e. The van der Waals surface area contributed by atoms with Crippen molar-refractivity contribution in [3.8, 4) is 11.5 Å².